The maximum Gasteiger partial charge on any atom is 0.406 e. The van der Waals surface area contributed by atoms with Crippen LogP contribution in [-0.2, 0) is 9.84 Å². The number of benzene rings is 1. The molecule has 0 N–H and O–H groups in total. The van der Waals surface area contributed by atoms with Gasteiger partial charge < -0.3 is 0 Å². The van der Waals surface area contributed by atoms with Gasteiger partial charge in [-0.25, -0.2) is 12.8 Å². The smallest absolute Gasteiger partial charge is 0.228 e. The normalized spacial score (nSPS) is 21.7. The van der Waals surface area contributed by atoms with Crippen molar-refractivity contribution in [2.75, 3.05) is 6.26 Å². The minimum atomic E-state index is -5.73. The lowest BCUT2D eigenvalue weighted by molar-refractivity contribution is -0.320. The fourth-order valence-electron chi connectivity index (χ4n) is 2.67. The van der Waals surface area contributed by atoms with Crippen LogP contribution in [0.3, 0.4) is 0 Å². The van der Waals surface area contributed by atoms with Crippen LogP contribution < -0.4 is 0 Å². The van der Waals surface area contributed by atoms with Gasteiger partial charge in [-0.2, -0.15) is 26.3 Å². The van der Waals surface area contributed by atoms with Crippen molar-refractivity contribution >= 4 is 15.4 Å². The van der Waals surface area contributed by atoms with Gasteiger partial charge in [0, 0.05) is 6.26 Å². The van der Waals surface area contributed by atoms with Crippen LogP contribution in [0.1, 0.15) is 12.0 Å². The highest BCUT2D eigenvalue weighted by atomic mass is 32.2. The minimum absolute atomic E-state index is 0.0913. The maximum atomic E-state index is 13.2. The van der Waals surface area contributed by atoms with Crippen molar-refractivity contribution < 1.29 is 39.2 Å². The molecule has 1 aromatic carbocycles. The summed E-state index contributed by atoms with van der Waals surface area (Å²) in [5.41, 5.74) is -5.10. The molecular weight excluding hydrogens is 365 g/mol. The third kappa shape index (κ3) is 3.03. The number of rotatable bonds is 2. The molecule has 0 heterocycles. The van der Waals surface area contributed by atoms with Gasteiger partial charge in [0.25, 0.3) is 0 Å². The third-order valence-electron chi connectivity index (χ3n) is 3.96. The molecule has 0 bridgehead atoms. The lowest BCUT2D eigenvalue weighted by atomic mass is 9.86. The molecule has 0 saturated carbocycles. The fraction of sp³-hybridized carbons (Fsp3) is 0.429. The summed E-state index contributed by atoms with van der Waals surface area (Å²) in [6.07, 6.45) is -12.7. The van der Waals surface area contributed by atoms with E-state index in [1.54, 1.807) is 0 Å². The van der Waals surface area contributed by atoms with Crippen LogP contribution in [0.2, 0.25) is 0 Å². The van der Waals surface area contributed by atoms with E-state index in [1.807, 2.05) is 0 Å². The van der Waals surface area contributed by atoms with Crippen LogP contribution in [0.15, 0.2) is 30.3 Å². The molecule has 1 unspecified atom stereocenters. The van der Waals surface area contributed by atoms with Gasteiger partial charge in [0.15, 0.2) is 15.3 Å². The Hall–Kier alpha value is -1.58. The summed E-state index contributed by atoms with van der Waals surface area (Å²) in [6.45, 7) is 0. The van der Waals surface area contributed by atoms with Crippen molar-refractivity contribution in [2.24, 2.45) is 5.41 Å². The van der Waals surface area contributed by atoms with E-state index in [9.17, 15) is 39.2 Å². The second kappa shape index (κ2) is 5.47. The SMILES string of the molecule is CS(=O)(=O)C1CC(C(F)(F)F)(C(F)(F)F)C=C1c1ccc(F)cc1. The molecule has 1 aromatic rings. The van der Waals surface area contributed by atoms with Crippen molar-refractivity contribution in [3.8, 4) is 0 Å². The van der Waals surface area contributed by atoms with Crippen LogP contribution in [0.25, 0.3) is 5.57 Å². The summed E-state index contributed by atoms with van der Waals surface area (Å²) in [4.78, 5) is 0. The molecular formula is C14H11F7O2S. The van der Waals surface area contributed by atoms with Gasteiger partial charge in [-0.15, -0.1) is 0 Å². The third-order valence-corrected chi connectivity index (χ3v) is 5.42. The Kier molecular flexibility index (Phi) is 4.27. The van der Waals surface area contributed by atoms with Crippen molar-refractivity contribution in [1.82, 2.24) is 0 Å². The Balaban J connectivity index is 2.73. The largest absolute Gasteiger partial charge is 0.406 e. The molecule has 0 amide bonds. The number of halogens is 7. The molecule has 10 heteroatoms. The highest BCUT2D eigenvalue weighted by Gasteiger charge is 2.72. The van der Waals surface area contributed by atoms with Crippen LogP contribution in [0.5, 0.6) is 0 Å². The van der Waals surface area contributed by atoms with Gasteiger partial charge in [0.05, 0.1) is 5.25 Å². The average Bonchev–Trinajstić information content (AvgIpc) is 2.80. The molecule has 0 aliphatic heterocycles. The molecule has 134 valence electrons. The number of alkyl halides is 6. The number of sulfone groups is 1. The quantitative estimate of drug-likeness (QED) is 0.728. The van der Waals surface area contributed by atoms with E-state index < -0.39 is 50.7 Å². The van der Waals surface area contributed by atoms with E-state index in [0.29, 0.717) is 6.26 Å². The van der Waals surface area contributed by atoms with Crippen LogP contribution >= 0.6 is 0 Å². The van der Waals surface area contributed by atoms with E-state index in [-0.39, 0.29) is 11.6 Å². The molecule has 0 fully saturated rings. The van der Waals surface area contributed by atoms with Gasteiger partial charge in [-0.05, 0) is 29.7 Å². The molecule has 1 atom stereocenters. The maximum absolute atomic E-state index is 13.2. The molecule has 1 aliphatic carbocycles. The van der Waals surface area contributed by atoms with Crippen LogP contribution in [-0.4, -0.2) is 32.3 Å². The zero-order chi connectivity index (χ0) is 18.6. The fourth-order valence-corrected chi connectivity index (χ4v) is 3.90. The Morgan fingerprint density at radius 3 is 1.83 bits per heavy atom. The van der Waals surface area contributed by atoms with Crippen molar-refractivity contribution in [1.29, 1.82) is 0 Å². The van der Waals surface area contributed by atoms with Crippen molar-refractivity contribution in [3.05, 3.63) is 41.7 Å². The number of hydrogen-bond acceptors (Lipinski definition) is 2. The zero-order valence-corrected chi connectivity index (χ0v) is 12.9. The first kappa shape index (κ1) is 18.8. The van der Waals surface area contributed by atoms with E-state index >= 15 is 0 Å². The van der Waals surface area contributed by atoms with Crippen molar-refractivity contribution in [3.63, 3.8) is 0 Å². The first-order valence-electron chi connectivity index (χ1n) is 6.50. The molecule has 0 radical (unpaired) electrons. The number of allylic oxidation sites excluding steroid dienone is 1. The first-order chi connectivity index (χ1) is 10.7. The first-order valence-corrected chi connectivity index (χ1v) is 8.45. The predicted molar refractivity (Wildman–Crippen MR) is 72.2 cm³/mol. The Morgan fingerprint density at radius 1 is 1.00 bits per heavy atom. The molecule has 0 aromatic heterocycles. The lowest BCUT2D eigenvalue weighted by Gasteiger charge is -2.32. The van der Waals surface area contributed by atoms with Gasteiger partial charge in [0.2, 0.25) is 0 Å². The highest BCUT2D eigenvalue weighted by Crippen LogP contribution is 2.60. The van der Waals surface area contributed by atoms with E-state index in [2.05, 4.69) is 0 Å². The van der Waals surface area contributed by atoms with Gasteiger partial charge in [-0.1, -0.05) is 18.2 Å². The highest BCUT2D eigenvalue weighted by molar-refractivity contribution is 7.91. The Labute approximate surface area is 132 Å². The van der Waals surface area contributed by atoms with Gasteiger partial charge in [-0.3, -0.25) is 0 Å². The van der Waals surface area contributed by atoms with Gasteiger partial charge >= 0.3 is 12.4 Å². The molecule has 24 heavy (non-hydrogen) atoms. The van der Waals surface area contributed by atoms with E-state index in [1.165, 1.54) is 0 Å². The molecule has 0 saturated heterocycles. The second-order valence-corrected chi connectivity index (χ2v) is 7.82. The second-order valence-electron chi connectivity index (χ2n) is 5.60. The van der Waals surface area contributed by atoms with E-state index in [0.717, 1.165) is 24.3 Å². The summed E-state index contributed by atoms with van der Waals surface area (Å²) in [5.74, 6) is -0.758. The monoisotopic (exact) mass is 376 g/mol. The topological polar surface area (TPSA) is 34.1 Å². The summed E-state index contributed by atoms with van der Waals surface area (Å²) in [5, 5.41) is -1.99. The summed E-state index contributed by atoms with van der Waals surface area (Å²) >= 11 is 0. The predicted octanol–water partition coefficient (Wildman–Crippen LogP) is 4.14. The molecule has 2 rings (SSSR count). The van der Waals surface area contributed by atoms with Gasteiger partial charge in [0.1, 0.15) is 5.82 Å². The van der Waals surface area contributed by atoms with E-state index in [4.69, 9.17) is 0 Å². The summed E-state index contributed by atoms with van der Waals surface area (Å²) < 4.78 is 116. The minimum Gasteiger partial charge on any atom is -0.228 e. The zero-order valence-electron chi connectivity index (χ0n) is 12.0. The summed E-state index contributed by atoms with van der Waals surface area (Å²) in [7, 11) is -4.26. The average molecular weight is 376 g/mol. The van der Waals surface area contributed by atoms with Crippen LogP contribution in [0.4, 0.5) is 30.7 Å². The molecule has 0 spiro atoms. The Morgan fingerprint density at radius 2 is 1.46 bits per heavy atom. The summed E-state index contributed by atoms with van der Waals surface area (Å²) in [6, 6.07) is 3.55. The number of hydrogen-bond donors (Lipinski definition) is 0. The van der Waals surface area contributed by atoms with Crippen molar-refractivity contribution in [2.45, 2.75) is 24.0 Å². The Bertz CT molecular complexity index is 744. The van der Waals surface area contributed by atoms with Crippen LogP contribution in [0, 0.1) is 11.2 Å². The lowest BCUT2D eigenvalue weighted by Crippen LogP contribution is -2.48. The molecule has 1 aliphatic rings. The standard InChI is InChI=1S/C14H11F7O2S/c1-24(22,23)11-7-12(13(16,17)18,14(19,20)21)6-10(11)8-2-4-9(15)5-3-8/h2-6,11H,7H2,1H3. The molecule has 2 nitrogen and oxygen atoms in total.